The van der Waals surface area contributed by atoms with Crippen LogP contribution in [-0.4, -0.2) is 36.5 Å². The highest BCUT2D eigenvalue weighted by Gasteiger charge is 2.24. The van der Waals surface area contributed by atoms with E-state index in [9.17, 15) is 4.79 Å². The van der Waals surface area contributed by atoms with Crippen LogP contribution in [0.1, 0.15) is 65.2 Å². The first kappa shape index (κ1) is 15.8. The number of nitrogens with one attached hydrogen (secondary N) is 1. The molecule has 1 amide bonds. The fourth-order valence-corrected chi connectivity index (χ4v) is 3.71. The summed E-state index contributed by atoms with van der Waals surface area (Å²) in [6.07, 6.45) is 9.79. The average molecular weight is 280 g/mol. The normalized spacial score (nSPS) is 21.6. The summed E-state index contributed by atoms with van der Waals surface area (Å²) >= 11 is 0. The van der Waals surface area contributed by atoms with Gasteiger partial charge in [0.2, 0.25) is 5.91 Å². The van der Waals surface area contributed by atoms with Gasteiger partial charge >= 0.3 is 0 Å². The Kier molecular flexibility index (Phi) is 6.34. The number of carbonyl (C=O) groups excluding carboxylic acids is 1. The van der Waals surface area contributed by atoms with Gasteiger partial charge in [0.05, 0.1) is 0 Å². The van der Waals surface area contributed by atoms with E-state index in [1.165, 1.54) is 38.5 Å². The maximum Gasteiger partial charge on any atom is 0.222 e. The standard InChI is InChI=1S/C17H32N2O/c1-14(2)19(13-16-9-11-18-12-10-16)17(20)8-7-15-5-3-4-6-15/h14-16,18H,3-13H2,1-2H3. The van der Waals surface area contributed by atoms with E-state index in [4.69, 9.17) is 0 Å². The third-order valence-electron chi connectivity index (χ3n) is 5.10. The highest BCUT2D eigenvalue weighted by atomic mass is 16.2. The predicted molar refractivity (Wildman–Crippen MR) is 83.6 cm³/mol. The van der Waals surface area contributed by atoms with E-state index in [0.717, 1.165) is 38.4 Å². The van der Waals surface area contributed by atoms with Crippen molar-refractivity contribution in [2.75, 3.05) is 19.6 Å². The minimum atomic E-state index is 0.348. The molecule has 2 fully saturated rings. The lowest BCUT2D eigenvalue weighted by atomic mass is 9.96. The number of amides is 1. The Balaban J connectivity index is 1.78. The van der Waals surface area contributed by atoms with E-state index in [2.05, 4.69) is 24.1 Å². The second-order valence-corrected chi connectivity index (χ2v) is 7.02. The van der Waals surface area contributed by atoms with Gasteiger partial charge in [-0.05, 0) is 58.0 Å². The van der Waals surface area contributed by atoms with Crippen molar-refractivity contribution in [1.29, 1.82) is 0 Å². The first-order chi connectivity index (χ1) is 9.66. The van der Waals surface area contributed by atoms with Gasteiger partial charge in [-0.3, -0.25) is 4.79 Å². The monoisotopic (exact) mass is 280 g/mol. The minimum absolute atomic E-state index is 0.348. The molecule has 0 unspecified atom stereocenters. The fourth-order valence-electron chi connectivity index (χ4n) is 3.71. The zero-order valence-corrected chi connectivity index (χ0v) is 13.4. The van der Waals surface area contributed by atoms with Gasteiger partial charge in [0.1, 0.15) is 0 Å². The van der Waals surface area contributed by atoms with Crippen molar-refractivity contribution in [3.63, 3.8) is 0 Å². The summed E-state index contributed by atoms with van der Waals surface area (Å²) in [5.41, 5.74) is 0. The van der Waals surface area contributed by atoms with Crippen molar-refractivity contribution in [2.24, 2.45) is 11.8 Å². The highest BCUT2D eigenvalue weighted by Crippen LogP contribution is 2.29. The molecule has 0 atom stereocenters. The van der Waals surface area contributed by atoms with Gasteiger partial charge in [-0.15, -0.1) is 0 Å². The third-order valence-corrected chi connectivity index (χ3v) is 5.10. The molecule has 116 valence electrons. The van der Waals surface area contributed by atoms with E-state index < -0.39 is 0 Å². The lowest BCUT2D eigenvalue weighted by molar-refractivity contribution is -0.134. The number of piperidine rings is 1. The minimum Gasteiger partial charge on any atom is -0.340 e. The second kappa shape index (κ2) is 8.02. The van der Waals surface area contributed by atoms with Crippen molar-refractivity contribution < 1.29 is 4.79 Å². The first-order valence-corrected chi connectivity index (χ1v) is 8.67. The number of rotatable bonds is 6. The molecule has 3 nitrogen and oxygen atoms in total. The van der Waals surface area contributed by atoms with Crippen LogP contribution in [0.3, 0.4) is 0 Å². The molecule has 0 bridgehead atoms. The van der Waals surface area contributed by atoms with Crippen molar-refractivity contribution in [1.82, 2.24) is 10.2 Å². The van der Waals surface area contributed by atoms with E-state index in [1.807, 2.05) is 0 Å². The highest BCUT2D eigenvalue weighted by molar-refractivity contribution is 5.76. The molecule has 1 aliphatic carbocycles. The molecule has 1 saturated heterocycles. The summed E-state index contributed by atoms with van der Waals surface area (Å²) < 4.78 is 0. The molecule has 1 N–H and O–H groups in total. The lowest BCUT2D eigenvalue weighted by Gasteiger charge is -2.33. The van der Waals surface area contributed by atoms with Crippen LogP contribution >= 0.6 is 0 Å². The molecule has 0 radical (unpaired) electrons. The van der Waals surface area contributed by atoms with Gasteiger partial charge in [0.15, 0.2) is 0 Å². The van der Waals surface area contributed by atoms with Gasteiger partial charge in [-0.2, -0.15) is 0 Å². The smallest absolute Gasteiger partial charge is 0.222 e. The van der Waals surface area contributed by atoms with Crippen LogP contribution in [0.5, 0.6) is 0 Å². The van der Waals surface area contributed by atoms with Crippen molar-refractivity contribution >= 4 is 5.91 Å². The Morgan fingerprint density at radius 2 is 1.75 bits per heavy atom. The van der Waals surface area contributed by atoms with Gasteiger partial charge < -0.3 is 10.2 Å². The number of hydrogen-bond donors (Lipinski definition) is 1. The SMILES string of the molecule is CC(C)N(CC1CCNCC1)C(=O)CCC1CCCC1. The summed E-state index contributed by atoms with van der Waals surface area (Å²) in [5, 5.41) is 3.41. The van der Waals surface area contributed by atoms with Crippen LogP contribution in [0.25, 0.3) is 0 Å². The quantitative estimate of drug-likeness (QED) is 0.810. The van der Waals surface area contributed by atoms with Gasteiger partial charge in [0, 0.05) is 19.0 Å². The average Bonchev–Trinajstić information content (AvgIpc) is 2.96. The second-order valence-electron chi connectivity index (χ2n) is 7.02. The number of carbonyl (C=O) groups is 1. The summed E-state index contributed by atoms with van der Waals surface area (Å²) in [7, 11) is 0. The fraction of sp³-hybridized carbons (Fsp3) is 0.941. The molecular formula is C17H32N2O. The topological polar surface area (TPSA) is 32.3 Å². The number of nitrogens with zero attached hydrogens (tertiary/aromatic N) is 1. The summed E-state index contributed by atoms with van der Waals surface area (Å²) in [6.45, 7) is 7.53. The Morgan fingerprint density at radius 1 is 1.10 bits per heavy atom. The molecule has 0 aromatic rings. The van der Waals surface area contributed by atoms with E-state index in [0.29, 0.717) is 17.9 Å². The van der Waals surface area contributed by atoms with E-state index >= 15 is 0 Å². The third kappa shape index (κ3) is 4.76. The van der Waals surface area contributed by atoms with Crippen molar-refractivity contribution in [3.8, 4) is 0 Å². The van der Waals surface area contributed by atoms with Crippen LogP contribution in [0.4, 0.5) is 0 Å². The molecule has 0 aromatic carbocycles. The molecule has 1 saturated carbocycles. The zero-order chi connectivity index (χ0) is 14.4. The van der Waals surface area contributed by atoms with E-state index in [1.54, 1.807) is 0 Å². The van der Waals surface area contributed by atoms with Gasteiger partial charge in [0.25, 0.3) is 0 Å². The van der Waals surface area contributed by atoms with Crippen LogP contribution in [-0.2, 0) is 4.79 Å². The Bertz CT molecular complexity index is 291. The molecule has 3 heteroatoms. The molecule has 0 aromatic heterocycles. The molecule has 20 heavy (non-hydrogen) atoms. The molecule has 2 rings (SSSR count). The van der Waals surface area contributed by atoms with Gasteiger partial charge in [-0.25, -0.2) is 0 Å². The van der Waals surface area contributed by atoms with Crippen LogP contribution in [0.2, 0.25) is 0 Å². The zero-order valence-electron chi connectivity index (χ0n) is 13.4. The van der Waals surface area contributed by atoms with Gasteiger partial charge in [-0.1, -0.05) is 25.7 Å². The van der Waals surface area contributed by atoms with Crippen molar-refractivity contribution in [3.05, 3.63) is 0 Å². The molecule has 0 spiro atoms. The van der Waals surface area contributed by atoms with Crippen LogP contribution in [0.15, 0.2) is 0 Å². The summed E-state index contributed by atoms with van der Waals surface area (Å²) in [6, 6.07) is 0.348. The Hall–Kier alpha value is -0.570. The maximum atomic E-state index is 12.5. The van der Waals surface area contributed by atoms with Crippen LogP contribution < -0.4 is 5.32 Å². The maximum absolute atomic E-state index is 12.5. The van der Waals surface area contributed by atoms with Crippen LogP contribution in [0, 0.1) is 11.8 Å². The lowest BCUT2D eigenvalue weighted by Crippen LogP contribution is -2.43. The predicted octanol–water partition coefficient (Wildman–Crippen LogP) is 3.19. The number of hydrogen-bond acceptors (Lipinski definition) is 2. The largest absolute Gasteiger partial charge is 0.340 e. The van der Waals surface area contributed by atoms with Crippen molar-refractivity contribution in [2.45, 2.75) is 71.3 Å². The first-order valence-electron chi connectivity index (χ1n) is 8.67. The summed E-state index contributed by atoms with van der Waals surface area (Å²) in [4.78, 5) is 14.7. The Morgan fingerprint density at radius 3 is 2.35 bits per heavy atom. The molecule has 1 heterocycles. The molecule has 2 aliphatic rings. The van der Waals surface area contributed by atoms with E-state index in [-0.39, 0.29) is 0 Å². The molecule has 1 aliphatic heterocycles. The Labute approximate surface area is 124 Å². The summed E-state index contributed by atoms with van der Waals surface area (Å²) in [5.74, 6) is 1.92. The molecular weight excluding hydrogens is 248 g/mol.